The molecule has 6 nitrogen and oxygen atoms in total. The van der Waals surface area contributed by atoms with Crippen LogP contribution in [0.3, 0.4) is 0 Å². The average molecular weight is 309 g/mol. The van der Waals surface area contributed by atoms with E-state index in [9.17, 15) is 0 Å². The molecular weight excluding hydrogens is 300 g/mol. The molecule has 92 valence electrons. The number of ether oxygens (including phenoxy) is 1. The van der Waals surface area contributed by atoms with E-state index in [1.54, 1.807) is 6.07 Å². The van der Waals surface area contributed by atoms with E-state index < -0.39 is 0 Å². The number of aromatic nitrogens is 2. The summed E-state index contributed by atoms with van der Waals surface area (Å²) in [4.78, 5) is 7.96. The second kappa shape index (κ2) is 5.46. The number of halogens is 1. The third-order valence-corrected chi connectivity index (χ3v) is 2.70. The Kier molecular flexibility index (Phi) is 3.73. The molecule has 3 N–H and O–H groups in total. The Hall–Kier alpha value is -2.15. The molecular formula is C11H9BrN4O2. The Bertz CT molecular complexity index is 572. The summed E-state index contributed by atoms with van der Waals surface area (Å²) in [5.41, 5.74) is 5.65. The molecule has 7 heteroatoms. The van der Waals surface area contributed by atoms with Crippen molar-refractivity contribution in [3.8, 4) is 11.6 Å². The van der Waals surface area contributed by atoms with Gasteiger partial charge in [-0.15, -0.1) is 0 Å². The fourth-order valence-electron chi connectivity index (χ4n) is 1.19. The first-order valence-corrected chi connectivity index (χ1v) is 5.72. The third kappa shape index (κ3) is 2.75. The molecule has 1 heterocycles. The van der Waals surface area contributed by atoms with Crippen LogP contribution in [0.2, 0.25) is 0 Å². The molecule has 2 rings (SSSR count). The summed E-state index contributed by atoms with van der Waals surface area (Å²) in [5, 5.41) is 11.3. The van der Waals surface area contributed by atoms with E-state index in [0.717, 1.165) is 4.47 Å². The summed E-state index contributed by atoms with van der Waals surface area (Å²) in [6.45, 7) is 0. The van der Waals surface area contributed by atoms with Crippen LogP contribution in [0.1, 0.15) is 5.69 Å². The summed E-state index contributed by atoms with van der Waals surface area (Å²) in [6.07, 6.45) is 2.76. The third-order valence-electron chi connectivity index (χ3n) is 2.05. The second-order valence-electron chi connectivity index (χ2n) is 3.26. The Balaban J connectivity index is 2.19. The number of oxime groups is 1. The second-order valence-corrected chi connectivity index (χ2v) is 4.11. The molecule has 18 heavy (non-hydrogen) atoms. The summed E-state index contributed by atoms with van der Waals surface area (Å²) >= 11 is 3.36. The lowest BCUT2D eigenvalue weighted by atomic mass is 10.3. The maximum atomic E-state index is 8.49. The van der Waals surface area contributed by atoms with Crippen LogP contribution < -0.4 is 10.5 Å². The fraction of sp³-hybridized carbons (Fsp3) is 0. The van der Waals surface area contributed by atoms with E-state index in [-0.39, 0.29) is 11.5 Å². The maximum absolute atomic E-state index is 8.49. The van der Waals surface area contributed by atoms with Crippen molar-refractivity contribution in [1.82, 2.24) is 9.97 Å². The zero-order valence-electron chi connectivity index (χ0n) is 9.12. The molecule has 0 saturated heterocycles. The van der Waals surface area contributed by atoms with Gasteiger partial charge in [0.15, 0.2) is 5.84 Å². The van der Waals surface area contributed by atoms with Gasteiger partial charge in [0.1, 0.15) is 11.4 Å². The van der Waals surface area contributed by atoms with Gasteiger partial charge in [-0.2, -0.15) is 0 Å². The van der Waals surface area contributed by atoms with Gasteiger partial charge < -0.3 is 15.7 Å². The maximum Gasteiger partial charge on any atom is 0.237 e. The molecule has 0 aliphatic heterocycles. The number of rotatable bonds is 3. The van der Waals surface area contributed by atoms with Crippen LogP contribution in [0.4, 0.5) is 0 Å². The van der Waals surface area contributed by atoms with Gasteiger partial charge in [0.25, 0.3) is 0 Å². The summed E-state index contributed by atoms with van der Waals surface area (Å²) in [5.74, 6) is 0.842. The van der Waals surface area contributed by atoms with Gasteiger partial charge >= 0.3 is 0 Å². The highest BCUT2D eigenvalue weighted by Crippen LogP contribution is 2.27. The van der Waals surface area contributed by atoms with Crippen LogP contribution in [-0.2, 0) is 0 Å². The molecule has 0 unspecified atom stereocenters. The van der Waals surface area contributed by atoms with Gasteiger partial charge in [0.05, 0.1) is 16.9 Å². The Morgan fingerprint density at radius 1 is 1.28 bits per heavy atom. The number of para-hydroxylation sites is 1. The van der Waals surface area contributed by atoms with Gasteiger partial charge in [-0.3, -0.25) is 0 Å². The zero-order valence-corrected chi connectivity index (χ0v) is 10.7. The minimum atomic E-state index is -0.102. The molecule has 0 atom stereocenters. The Labute approximate surface area is 111 Å². The molecule has 0 amide bonds. The van der Waals surface area contributed by atoms with Crippen molar-refractivity contribution >= 4 is 21.8 Å². The van der Waals surface area contributed by atoms with E-state index in [0.29, 0.717) is 11.6 Å². The SMILES string of the molecule is NC(=NO)c1cnc(Oc2ccccc2Br)cn1. The van der Waals surface area contributed by atoms with Crippen molar-refractivity contribution in [3.63, 3.8) is 0 Å². The van der Waals surface area contributed by atoms with Crippen molar-refractivity contribution < 1.29 is 9.94 Å². The number of hydrogen-bond acceptors (Lipinski definition) is 5. The summed E-state index contributed by atoms with van der Waals surface area (Å²) in [6, 6.07) is 7.37. The molecule has 0 aliphatic rings. The van der Waals surface area contributed by atoms with E-state index in [1.165, 1.54) is 12.4 Å². The number of nitrogens with two attached hydrogens (primary N) is 1. The molecule has 0 radical (unpaired) electrons. The highest BCUT2D eigenvalue weighted by atomic mass is 79.9. The standard InChI is InChI=1S/C11H9BrN4O2/c12-7-3-1-2-4-9(7)18-10-6-14-8(5-15-10)11(13)16-17/h1-6,17H,(H2,13,16). The van der Waals surface area contributed by atoms with Crippen LogP contribution in [0.5, 0.6) is 11.6 Å². The zero-order chi connectivity index (χ0) is 13.0. The largest absolute Gasteiger partial charge is 0.436 e. The molecule has 0 bridgehead atoms. The van der Waals surface area contributed by atoms with Crippen molar-refractivity contribution in [2.45, 2.75) is 0 Å². The van der Waals surface area contributed by atoms with Crippen molar-refractivity contribution in [2.75, 3.05) is 0 Å². The minimum Gasteiger partial charge on any atom is -0.436 e. The van der Waals surface area contributed by atoms with Gasteiger partial charge in [-0.1, -0.05) is 17.3 Å². The minimum absolute atomic E-state index is 0.102. The van der Waals surface area contributed by atoms with Crippen LogP contribution in [0, 0.1) is 0 Å². The average Bonchev–Trinajstić information content (AvgIpc) is 2.41. The van der Waals surface area contributed by atoms with E-state index in [4.69, 9.17) is 15.7 Å². The van der Waals surface area contributed by atoms with Crippen molar-refractivity contribution in [1.29, 1.82) is 0 Å². The van der Waals surface area contributed by atoms with E-state index in [1.807, 2.05) is 18.2 Å². The summed E-state index contributed by atoms with van der Waals surface area (Å²) < 4.78 is 6.33. The van der Waals surface area contributed by atoms with Crippen LogP contribution >= 0.6 is 15.9 Å². The number of amidine groups is 1. The van der Waals surface area contributed by atoms with Crippen molar-refractivity contribution in [3.05, 3.63) is 46.8 Å². The predicted octanol–water partition coefficient (Wildman–Crippen LogP) is 2.13. The first-order chi connectivity index (χ1) is 8.70. The lowest BCUT2D eigenvalue weighted by Gasteiger charge is -2.06. The number of benzene rings is 1. The number of hydrogen-bond donors (Lipinski definition) is 2. The molecule has 0 fully saturated rings. The molecule has 1 aromatic carbocycles. The highest BCUT2D eigenvalue weighted by Gasteiger charge is 2.05. The predicted molar refractivity (Wildman–Crippen MR) is 68.8 cm³/mol. The van der Waals surface area contributed by atoms with Crippen molar-refractivity contribution in [2.24, 2.45) is 10.9 Å². The lowest BCUT2D eigenvalue weighted by Crippen LogP contribution is -2.15. The Morgan fingerprint density at radius 3 is 2.67 bits per heavy atom. The molecule has 0 spiro atoms. The van der Waals surface area contributed by atoms with Crippen LogP contribution in [0.25, 0.3) is 0 Å². The molecule has 0 aliphatic carbocycles. The first-order valence-electron chi connectivity index (χ1n) is 4.93. The van der Waals surface area contributed by atoms with Crippen LogP contribution in [0.15, 0.2) is 46.3 Å². The fourth-order valence-corrected chi connectivity index (χ4v) is 1.56. The summed E-state index contributed by atoms with van der Waals surface area (Å²) in [7, 11) is 0. The van der Waals surface area contributed by atoms with Gasteiger partial charge in [0, 0.05) is 0 Å². The van der Waals surface area contributed by atoms with Gasteiger partial charge in [-0.25, -0.2) is 9.97 Å². The highest BCUT2D eigenvalue weighted by molar-refractivity contribution is 9.10. The quantitative estimate of drug-likeness (QED) is 0.392. The first kappa shape index (κ1) is 12.3. The van der Waals surface area contributed by atoms with Gasteiger partial charge in [-0.05, 0) is 28.1 Å². The Morgan fingerprint density at radius 2 is 2.06 bits per heavy atom. The monoisotopic (exact) mass is 308 g/mol. The smallest absolute Gasteiger partial charge is 0.237 e. The normalized spacial score (nSPS) is 11.3. The van der Waals surface area contributed by atoms with Gasteiger partial charge in [0.2, 0.25) is 5.88 Å². The van der Waals surface area contributed by atoms with Crippen LogP contribution in [-0.4, -0.2) is 21.0 Å². The molecule has 0 saturated carbocycles. The van der Waals surface area contributed by atoms with E-state index in [2.05, 4.69) is 31.1 Å². The number of nitrogens with zero attached hydrogens (tertiary/aromatic N) is 3. The lowest BCUT2D eigenvalue weighted by molar-refractivity contribution is 0.318. The molecule has 1 aromatic heterocycles. The molecule has 2 aromatic rings. The van der Waals surface area contributed by atoms with E-state index >= 15 is 0 Å². The topological polar surface area (TPSA) is 93.6 Å².